The third-order valence-corrected chi connectivity index (χ3v) is 7.01. The van der Waals surface area contributed by atoms with Crippen LogP contribution in [0.25, 0.3) is 0 Å². The summed E-state index contributed by atoms with van der Waals surface area (Å²) in [5.41, 5.74) is -1.59. The fraction of sp³-hybridized carbons (Fsp3) is 1.00. The van der Waals surface area contributed by atoms with Gasteiger partial charge in [-0.05, 0) is 68.2 Å². The Kier molecular flexibility index (Phi) is 6.57. The Labute approximate surface area is 167 Å². The van der Waals surface area contributed by atoms with E-state index in [-0.39, 0.29) is 0 Å². The number of hydrogen-bond acceptors (Lipinski definition) is 5. The summed E-state index contributed by atoms with van der Waals surface area (Å²) in [5.74, 6) is 0. The molecule has 0 atom stereocenters. The first-order valence-corrected chi connectivity index (χ1v) is 10.5. The number of ether oxygens (including phenoxy) is 1. The molecule has 0 aromatic heterocycles. The molecular formula is C20H40B2O5. The van der Waals surface area contributed by atoms with E-state index in [4.69, 9.17) is 23.4 Å². The van der Waals surface area contributed by atoms with Crippen molar-refractivity contribution in [2.75, 3.05) is 13.2 Å². The van der Waals surface area contributed by atoms with Crippen LogP contribution < -0.4 is 0 Å². The van der Waals surface area contributed by atoms with Gasteiger partial charge in [-0.25, -0.2) is 0 Å². The molecule has 0 spiro atoms. The zero-order chi connectivity index (χ0) is 20.7. The van der Waals surface area contributed by atoms with Crippen LogP contribution in [0.1, 0.15) is 88.5 Å². The summed E-state index contributed by atoms with van der Waals surface area (Å²) in [6, 6.07) is 0. The normalized spacial score (nSPS) is 26.0. The van der Waals surface area contributed by atoms with Gasteiger partial charge in [0.25, 0.3) is 0 Å². The van der Waals surface area contributed by atoms with Crippen molar-refractivity contribution in [3.05, 3.63) is 0 Å². The van der Waals surface area contributed by atoms with Crippen LogP contribution in [0.15, 0.2) is 0 Å². The lowest BCUT2D eigenvalue weighted by atomic mass is 9.38. The third-order valence-electron chi connectivity index (χ3n) is 7.01. The summed E-state index contributed by atoms with van der Waals surface area (Å²) in [6.45, 7) is 22.3. The summed E-state index contributed by atoms with van der Waals surface area (Å²) >= 11 is 0. The van der Waals surface area contributed by atoms with Crippen molar-refractivity contribution >= 4 is 14.2 Å². The highest BCUT2D eigenvalue weighted by Gasteiger charge is 2.67. The average molecular weight is 382 g/mol. The fourth-order valence-corrected chi connectivity index (χ4v) is 3.21. The topological polar surface area (TPSA) is 46.2 Å². The van der Waals surface area contributed by atoms with Crippen molar-refractivity contribution in [2.45, 2.75) is 116 Å². The second-order valence-corrected chi connectivity index (χ2v) is 10.4. The molecule has 2 heterocycles. The van der Waals surface area contributed by atoms with E-state index >= 15 is 0 Å². The Bertz CT molecular complexity index is 451. The van der Waals surface area contributed by atoms with Crippen molar-refractivity contribution < 1.29 is 23.4 Å². The number of unbranched alkanes of at least 4 members (excludes halogenated alkanes) is 1. The molecule has 0 aromatic carbocycles. The van der Waals surface area contributed by atoms with Gasteiger partial charge in [0.2, 0.25) is 0 Å². The summed E-state index contributed by atoms with van der Waals surface area (Å²) in [7, 11) is -0.848. The zero-order valence-corrected chi connectivity index (χ0v) is 19.2. The first-order chi connectivity index (χ1) is 12.2. The van der Waals surface area contributed by atoms with Crippen molar-refractivity contribution in [3.8, 4) is 0 Å². The molecule has 0 bridgehead atoms. The highest BCUT2D eigenvalue weighted by atomic mass is 16.7. The number of rotatable bonds is 8. The predicted molar refractivity (Wildman–Crippen MR) is 111 cm³/mol. The number of hydrogen-bond donors (Lipinski definition) is 0. The summed E-state index contributed by atoms with van der Waals surface area (Å²) in [4.78, 5) is 0. The third kappa shape index (κ3) is 4.42. The molecule has 0 saturated carbocycles. The molecule has 27 heavy (non-hydrogen) atoms. The van der Waals surface area contributed by atoms with Gasteiger partial charge in [0.1, 0.15) is 0 Å². The minimum Gasteiger partial charge on any atom is -0.403 e. The van der Waals surface area contributed by atoms with Crippen LogP contribution in [0, 0.1) is 0 Å². The van der Waals surface area contributed by atoms with E-state index in [1.165, 1.54) is 0 Å². The van der Waals surface area contributed by atoms with Crippen molar-refractivity contribution in [1.29, 1.82) is 0 Å². The van der Waals surface area contributed by atoms with Crippen LogP contribution in [-0.4, -0.2) is 49.9 Å². The second-order valence-electron chi connectivity index (χ2n) is 10.4. The SMILES string of the molecule is CCCCOCCC(C)(B1OC(C)(C)C(C)(C)O1)B1OC(C)(C)C(C)(C)O1. The predicted octanol–water partition coefficient (Wildman–Crippen LogP) is 4.68. The molecule has 0 aromatic rings. The molecule has 0 aliphatic carbocycles. The van der Waals surface area contributed by atoms with Crippen LogP contribution in [0.4, 0.5) is 0 Å². The van der Waals surface area contributed by atoms with Crippen LogP contribution in [0.3, 0.4) is 0 Å². The minimum atomic E-state index is -0.484. The lowest BCUT2D eigenvalue weighted by Crippen LogP contribution is -2.47. The van der Waals surface area contributed by atoms with Crippen molar-refractivity contribution in [1.82, 2.24) is 0 Å². The molecule has 2 saturated heterocycles. The van der Waals surface area contributed by atoms with E-state index in [0.29, 0.717) is 6.61 Å². The van der Waals surface area contributed by atoms with E-state index in [2.05, 4.69) is 69.2 Å². The molecular weight excluding hydrogens is 342 g/mol. The molecule has 0 N–H and O–H groups in total. The Morgan fingerprint density at radius 1 is 0.704 bits per heavy atom. The van der Waals surface area contributed by atoms with Crippen molar-refractivity contribution in [2.24, 2.45) is 0 Å². The average Bonchev–Trinajstić information content (AvgIpc) is 2.87. The first-order valence-electron chi connectivity index (χ1n) is 10.5. The Hall–Kier alpha value is -0.0701. The van der Waals surface area contributed by atoms with E-state index in [1.54, 1.807) is 0 Å². The minimum absolute atomic E-state index is 0.397. The standard InChI is InChI=1S/C20H40B2O5/c1-11-12-14-23-15-13-20(10,21-24-16(2,3)17(4,5)25-21)22-26-18(6,7)19(8,9)27-22/h11-15H2,1-10H3. The molecule has 156 valence electrons. The van der Waals surface area contributed by atoms with E-state index in [1.807, 2.05) is 0 Å². The second kappa shape index (κ2) is 7.64. The Morgan fingerprint density at radius 2 is 1.07 bits per heavy atom. The zero-order valence-electron chi connectivity index (χ0n) is 19.2. The lowest BCUT2D eigenvalue weighted by Gasteiger charge is -2.33. The molecule has 2 rings (SSSR count). The van der Waals surface area contributed by atoms with Gasteiger partial charge in [0.05, 0.1) is 22.4 Å². The van der Waals surface area contributed by atoms with E-state index in [9.17, 15) is 0 Å². The first kappa shape index (κ1) is 23.2. The van der Waals surface area contributed by atoms with Gasteiger partial charge in [0.15, 0.2) is 0 Å². The molecule has 2 aliphatic rings. The highest BCUT2D eigenvalue weighted by molar-refractivity contribution is 6.71. The maximum Gasteiger partial charge on any atom is 0.461 e. The summed E-state index contributed by atoms with van der Waals surface area (Å²) in [6.07, 6.45) is 2.94. The highest BCUT2D eigenvalue weighted by Crippen LogP contribution is 2.52. The summed E-state index contributed by atoms with van der Waals surface area (Å²) in [5, 5.41) is -0.484. The van der Waals surface area contributed by atoms with Crippen molar-refractivity contribution in [3.63, 3.8) is 0 Å². The fourth-order valence-electron chi connectivity index (χ4n) is 3.21. The molecule has 2 fully saturated rings. The molecule has 7 heteroatoms. The smallest absolute Gasteiger partial charge is 0.403 e. The largest absolute Gasteiger partial charge is 0.461 e. The maximum atomic E-state index is 6.42. The summed E-state index contributed by atoms with van der Waals surface area (Å²) < 4.78 is 31.5. The van der Waals surface area contributed by atoms with Gasteiger partial charge in [0, 0.05) is 18.4 Å². The van der Waals surface area contributed by atoms with Gasteiger partial charge < -0.3 is 23.4 Å². The van der Waals surface area contributed by atoms with Crippen LogP contribution >= 0.6 is 0 Å². The molecule has 5 nitrogen and oxygen atoms in total. The monoisotopic (exact) mass is 382 g/mol. The van der Waals surface area contributed by atoms with E-state index in [0.717, 1.165) is 25.9 Å². The Balaban J connectivity index is 2.22. The Morgan fingerprint density at radius 3 is 1.41 bits per heavy atom. The molecule has 2 aliphatic heterocycles. The van der Waals surface area contributed by atoms with Crippen LogP contribution in [0.5, 0.6) is 0 Å². The van der Waals surface area contributed by atoms with Crippen LogP contribution in [-0.2, 0) is 23.4 Å². The van der Waals surface area contributed by atoms with Gasteiger partial charge in [-0.3, -0.25) is 0 Å². The van der Waals surface area contributed by atoms with Gasteiger partial charge in [-0.2, -0.15) is 0 Å². The van der Waals surface area contributed by atoms with Gasteiger partial charge in [-0.15, -0.1) is 0 Å². The van der Waals surface area contributed by atoms with Gasteiger partial charge in [-0.1, -0.05) is 20.3 Å². The van der Waals surface area contributed by atoms with Crippen LogP contribution in [0.2, 0.25) is 5.21 Å². The molecule has 0 unspecified atom stereocenters. The maximum absolute atomic E-state index is 6.42. The van der Waals surface area contributed by atoms with E-state index < -0.39 is 41.9 Å². The lowest BCUT2D eigenvalue weighted by molar-refractivity contribution is 0.00578. The van der Waals surface area contributed by atoms with Gasteiger partial charge >= 0.3 is 14.2 Å². The molecule has 0 amide bonds. The molecule has 0 radical (unpaired) electrons. The quantitative estimate of drug-likeness (QED) is 0.451.